The highest BCUT2D eigenvalue weighted by molar-refractivity contribution is 5.94. The molecule has 0 atom stereocenters. The molecule has 0 radical (unpaired) electrons. The number of carbonyl (C=O) groups is 1. The molecule has 3 rings (SSSR count). The van der Waals surface area contributed by atoms with Crippen molar-refractivity contribution < 1.29 is 18.7 Å². The zero-order valence-corrected chi connectivity index (χ0v) is 12.7. The quantitative estimate of drug-likeness (QED) is 0.932. The number of rotatable bonds is 4. The van der Waals surface area contributed by atoms with Crippen LogP contribution in [0.15, 0.2) is 18.2 Å². The number of aliphatic hydroxyl groups excluding tert-OH is 1. The predicted molar refractivity (Wildman–Crippen MR) is 79.6 cm³/mol. The fourth-order valence-corrected chi connectivity index (χ4v) is 2.87. The normalized spacial score (nSPS) is 13.2. The van der Waals surface area contributed by atoms with E-state index in [2.05, 4.69) is 5.10 Å². The van der Waals surface area contributed by atoms with E-state index in [1.54, 1.807) is 7.05 Å². The van der Waals surface area contributed by atoms with E-state index in [9.17, 15) is 13.6 Å². The summed E-state index contributed by atoms with van der Waals surface area (Å²) >= 11 is 0. The van der Waals surface area contributed by atoms with Crippen LogP contribution in [0.5, 0.6) is 0 Å². The fraction of sp³-hybridized carbons (Fsp3) is 0.375. The minimum atomic E-state index is -0.949. The molecule has 122 valence electrons. The van der Waals surface area contributed by atoms with Gasteiger partial charge >= 0.3 is 0 Å². The van der Waals surface area contributed by atoms with Crippen LogP contribution in [0, 0.1) is 11.6 Å². The van der Waals surface area contributed by atoms with Gasteiger partial charge in [-0.3, -0.25) is 4.79 Å². The van der Waals surface area contributed by atoms with Crippen molar-refractivity contribution in [3.63, 3.8) is 0 Å². The largest absolute Gasteiger partial charge is 0.395 e. The zero-order chi connectivity index (χ0) is 16.6. The van der Waals surface area contributed by atoms with Crippen LogP contribution in [-0.4, -0.2) is 45.9 Å². The standard InChI is InChI=1S/C16H17F2N3O2/c1-20(7-8-22)16(23)15-11-3-2-4-14(11)21(19-15)10-5-6-12(17)13(18)9-10/h5-6,9,22H,2-4,7-8H2,1H3. The average Bonchev–Trinajstić information content (AvgIpc) is 3.12. The highest BCUT2D eigenvalue weighted by atomic mass is 19.2. The third-order valence-electron chi connectivity index (χ3n) is 4.06. The first-order valence-corrected chi connectivity index (χ1v) is 7.45. The van der Waals surface area contributed by atoms with Gasteiger partial charge in [-0.1, -0.05) is 0 Å². The third-order valence-corrected chi connectivity index (χ3v) is 4.06. The summed E-state index contributed by atoms with van der Waals surface area (Å²) < 4.78 is 28.1. The Bertz CT molecular complexity index is 758. The van der Waals surface area contributed by atoms with Gasteiger partial charge in [-0.2, -0.15) is 5.10 Å². The minimum absolute atomic E-state index is 0.131. The van der Waals surface area contributed by atoms with Gasteiger partial charge in [0.05, 0.1) is 12.3 Å². The first-order valence-electron chi connectivity index (χ1n) is 7.45. The van der Waals surface area contributed by atoms with Crippen LogP contribution in [0.4, 0.5) is 8.78 Å². The van der Waals surface area contributed by atoms with Crippen LogP contribution in [0.1, 0.15) is 28.2 Å². The van der Waals surface area contributed by atoms with Crippen molar-refractivity contribution in [3.8, 4) is 5.69 Å². The number of likely N-dealkylation sites (N-methyl/N-ethyl adjacent to an activating group) is 1. The third kappa shape index (κ3) is 2.72. The minimum Gasteiger partial charge on any atom is -0.395 e. The van der Waals surface area contributed by atoms with Crippen molar-refractivity contribution in [2.75, 3.05) is 20.2 Å². The topological polar surface area (TPSA) is 58.4 Å². The molecule has 0 spiro atoms. The molecular weight excluding hydrogens is 304 g/mol. The Morgan fingerprint density at radius 2 is 2.13 bits per heavy atom. The first kappa shape index (κ1) is 15.6. The maximum atomic E-state index is 13.5. The van der Waals surface area contributed by atoms with Crippen LogP contribution in [0.3, 0.4) is 0 Å². The Balaban J connectivity index is 2.04. The van der Waals surface area contributed by atoms with E-state index in [0.717, 1.165) is 42.7 Å². The smallest absolute Gasteiger partial charge is 0.274 e. The Kier molecular flexibility index (Phi) is 4.12. The molecule has 0 saturated heterocycles. The monoisotopic (exact) mass is 321 g/mol. The number of carbonyl (C=O) groups excluding carboxylic acids is 1. The van der Waals surface area contributed by atoms with Gasteiger partial charge in [0.1, 0.15) is 0 Å². The molecule has 7 heteroatoms. The summed E-state index contributed by atoms with van der Waals surface area (Å²) in [6.45, 7) is 0.0833. The zero-order valence-electron chi connectivity index (χ0n) is 12.7. The van der Waals surface area contributed by atoms with Crippen molar-refractivity contribution in [1.29, 1.82) is 0 Å². The molecule has 2 aromatic rings. The van der Waals surface area contributed by atoms with Crippen LogP contribution in [-0.2, 0) is 12.8 Å². The number of amides is 1. The summed E-state index contributed by atoms with van der Waals surface area (Å²) in [5.74, 6) is -2.15. The van der Waals surface area contributed by atoms with Gasteiger partial charge < -0.3 is 10.0 Å². The van der Waals surface area contributed by atoms with Crippen molar-refractivity contribution in [2.45, 2.75) is 19.3 Å². The number of hydrogen-bond acceptors (Lipinski definition) is 3. The molecule has 1 aromatic carbocycles. The molecule has 1 amide bonds. The van der Waals surface area contributed by atoms with Gasteiger partial charge in [0.15, 0.2) is 17.3 Å². The molecule has 0 saturated carbocycles. The van der Waals surface area contributed by atoms with Crippen LogP contribution in [0.2, 0.25) is 0 Å². The van der Waals surface area contributed by atoms with Crippen molar-refractivity contribution >= 4 is 5.91 Å². The van der Waals surface area contributed by atoms with E-state index >= 15 is 0 Å². The highest BCUT2D eigenvalue weighted by Crippen LogP contribution is 2.28. The lowest BCUT2D eigenvalue weighted by Crippen LogP contribution is -2.30. The van der Waals surface area contributed by atoms with E-state index in [4.69, 9.17) is 5.11 Å². The van der Waals surface area contributed by atoms with Crippen molar-refractivity contribution in [1.82, 2.24) is 14.7 Å². The average molecular weight is 321 g/mol. The van der Waals surface area contributed by atoms with Crippen LogP contribution in [0.25, 0.3) is 5.69 Å². The molecule has 1 aliphatic rings. The van der Waals surface area contributed by atoms with Crippen molar-refractivity contribution in [2.24, 2.45) is 0 Å². The number of aromatic nitrogens is 2. The maximum Gasteiger partial charge on any atom is 0.274 e. The van der Waals surface area contributed by atoms with E-state index in [0.29, 0.717) is 11.4 Å². The molecular formula is C16H17F2N3O2. The molecule has 1 heterocycles. The summed E-state index contributed by atoms with van der Waals surface area (Å²) in [7, 11) is 1.59. The fourth-order valence-electron chi connectivity index (χ4n) is 2.87. The Morgan fingerprint density at radius 1 is 1.35 bits per heavy atom. The molecule has 0 fully saturated rings. The molecule has 0 bridgehead atoms. The lowest BCUT2D eigenvalue weighted by Gasteiger charge is -2.14. The molecule has 23 heavy (non-hydrogen) atoms. The summed E-state index contributed by atoms with van der Waals surface area (Å²) in [5, 5.41) is 13.3. The van der Waals surface area contributed by atoms with E-state index in [-0.39, 0.29) is 19.1 Å². The summed E-state index contributed by atoms with van der Waals surface area (Å²) in [6.07, 6.45) is 2.35. The second kappa shape index (κ2) is 6.08. The number of fused-ring (bicyclic) bond motifs is 1. The van der Waals surface area contributed by atoms with Gasteiger partial charge in [0.25, 0.3) is 5.91 Å². The number of halogens is 2. The predicted octanol–water partition coefficient (Wildman–Crippen LogP) is 1.70. The van der Waals surface area contributed by atoms with E-state index < -0.39 is 11.6 Å². The van der Waals surface area contributed by atoms with Gasteiger partial charge in [-0.25, -0.2) is 13.5 Å². The van der Waals surface area contributed by atoms with E-state index in [1.807, 2.05) is 0 Å². The van der Waals surface area contributed by atoms with Gasteiger partial charge in [0.2, 0.25) is 0 Å². The Hall–Kier alpha value is -2.28. The highest BCUT2D eigenvalue weighted by Gasteiger charge is 2.28. The second-order valence-electron chi connectivity index (χ2n) is 5.59. The number of nitrogens with zero attached hydrogens (tertiary/aromatic N) is 3. The molecule has 0 unspecified atom stereocenters. The Morgan fingerprint density at radius 3 is 2.83 bits per heavy atom. The number of benzene rings is 1. The number of hydrogen-bond donors (Lipinski definition) is 1. The molecule has 1 aromatic heterocycles. The first-order chi connectivity index (χ1) is 11.0. The van der Waals surface area contributed by atoms with Gasteiger partial charge in [-0.05, 0) is 31.4 Å². The molecule has 1 aliphatic carbocycles. The second-order valence-corrected chi connectivity index (χ2v) is 5.59. The van der Waals surface area contributed by atoms with Gasteiger partial charge in [-0.15, -0.1) is 0 Å². The lowest BCUT2D eigenvalue weighted by atomic mass is 10.2. The van der Waals surface area contributed by atoms with Gasteiger partial charge in [0, 0.05) is 30.9 Å². The number of aliphatic hydroxyl groups is 1. The summed E-state index contributed by atoms with van der Waals surface area (Å²) in [4.78, 5) is 13.9. The van der Waals surface area contributed by atoms with Crippen molar-refractivity contribution in [3.05, 3.63) is 46.8 Å². The lowest BCUT2D eigenvalue weighted by molar-refractivity contribution is 0.0759. The van der Waals surface area contributed by atoms with Crippen LogP contribution < -0.4 is 0 Å². The molecule has 1 N–H and O–H groups in total. The maximum absolute atomic E-state index is 13.5. The SMILES string of the molecule is CN(CCO)C(=O)c1nn(-c2ccc(F)c(F)c2)c2c1CCC2. The van der Waals surface area contributed by atoms with E-state index in [1.165, 1.54) is 15.6 Å². The van der Waals surface area contributed by atoms with Crippen LogP contribution >= 0.6 is 0 Å². The summed E-state index contributed by atoms with van der Waals surface area (Å²) in [5.41, 5.74) is 2.42. The molecule has 0 aliphatic heterocycles. The summed E-state index contributed by atoms with van der Waals surface area (Å²) in [6, 6.07) is 3.56. The Labute approximate surface area is 132 Å². The molecule has 5 nitrogen and oxygen atoms in total.